The van der Waals surface area contributed by atoms with Gasteiger partial charge in [-0.15, -0.1) is 0 Å². The van der Waals surface area contributed by atoms with E-state index < -0.39 is 28.2 Å². The summed E-state index contributed by atoms with van der Waals surface area (Å²) in [7, 11) is -3.75. The maximum atomic E-state index is 12.3. The van der Waals surface area contributed by atoms with Crippen molar-refractivity contribution in [3.05, 3.63) is 54.4 Å². The average Bonchev–Trinajstić information content (AvgIpc) is 2.96. The molecule has 0 radical (unpaired) electrons. The van der Waals surface area contributed by atoms with Crippen molar-refractivity contribution in [1.29, 1.82) is 0 Å². The van der Waals surface area contributed by atoms with Crippen molar-refractivity contribution in [2.75, 3.05) is 0 Å². The topological polar surface area (TPSA) is 96.3 Å². The summed E-state index contributed by atoms with van der Waals surface area (Å²) in [5, 5.41) is 10.3. The second-order valence-electron chi connectivity index (χ2n) is 4.34. The molecule has 0 unspecified atom stereocenters. The standard InChI is InChI=1S/C14H13NO5S/c16-13(6-7-14(17)18)11-8-9-15(10-11)21(19,20)12-4-2-1-3-5-12/h1-5,8-10H,6-7H2,(H,17,18)/p-1. The lowest BCUT2D eigenvalue weighted by Crippen LogP contribution is -2.22. The molecule has 2 aromatic rings. The van der Waals surface area contributed by atoms with Gasteiger partial charge in [-0.1, -0.05) is 18.2 Å². The molecule has 0 amide bonds. The second-order valence-corrected chi connectivity index (χ2v) is 6.19. The molecule has 1 aromatic heterocycles. The van der Waals surface area contributed by atoms with Crippen LogP contribution in [0.2, 0.25) is 0 Å². The van der Waals surface area contributed by atoms with Crippen LogP contribution in [0.1, 0.15) is 23.2 Å². The molecule has 0 aliphatic heterocycles. The van der Waals surface area contributed by atoms with Crippen LogP contribution in [-0.2, 0) is 14.8 Å². The van der Waals surface area contributed by atoms with Gasteiger partial charge in [-0.3, -0.25) is 4.79 Å². The van der Waals surface area contributed by atoms with Crippen LogP contribution in [0.4, 0.5) is 0 Å². The average molecular weight is 306 g/mol. The molecule has 0 fully saturated rings. The van der Waals surface area contributed by atoms with Crippen LogP contribution in [0.3, 0.4) is 0 Å². The molecule has 0 atom stereocenters. The lowest BCUT2D eigenvalue weighted by molar-refractivity contribution is -0.305. The van der Waals surface area contributed by atoms with Gasteiger partial charge in [0.15, 0.2) is 5.78 Å². The highest BCUT2D eigenvalue weighted by molar-refractivity contribution is 7.90. The predicted octanol–water partition coefficient (Wildman–Crippen LogP) is 0.438. The van der Waals surface area contributed by atoms with Crippen LogP contribution in [-0.4, -0.2) is 24.1 Å². The normalized spacial score (nSPS) is 11.2. The Kier molecular flexibility index (Phi) is 4.23. The van der Waals surface area contributed by atoms with Gasteiger partial charge in [0, 0.05) is 30.3 Å². The Morgan fingerprint density at radius 2 is 1.71 bits per heavy atom. The van der Waals surface area contributed by atoms with Crippen molar-refractivity contribution < 1.29 is 23.1 Å². The summed E-state index contributed by atoms with van der Waals surface area (Å²) in [6.45, 7) is 0. The fourth-order valence-electron chi connectivity index (χ4n) is 1.77. The van der Waals surface area contributed by atoms with E-state index in [-0.39, 0.29) is 16.9 Å². The first-order valence-corrected chi connectivity index (χ1v) is 7.57. The molecule has 6 nitrogen and oxygen atoms in total. The van der Waals surface area contributed by atoms with E-state index in [1.807, 2.05) is 0 Å². The Morgan fingerprint density at radius 3 is 2.33 bits per heavy atom. The maximum absolute atomic E-state index is 12.3. The predicted molar refractivity (Wildman–Crippen MR) is 72.0 cm³/mol. The number of aromatic nitrogens is 1. The Bertz CT molecular complexity index is 762. The van der Waals surface area contributed by atoms with Crippen LogP contribution in [0.15, 0.2) is 53.7 Å². The molecule has 110 valence electrons. The van der Waals surface area contributed by atoms with Gasteiger partial charge in [0.1, 0.15) is 0 Å². The number of nitrogens with zero attached hydrogens (tertiary/aromatic N) is 1. The molecule has 0 saturated carbocycles. The zero-order valence-corrected chi connectivity index (χ0v) is 11.7. The molecule has 1 heterocycles. The van der Waals surface area contributed by atoms with Gasteiger partial charge in [0.2, 0.25) is 0 Å². The molecule has 0 N–H and O–H groups in total. The minimum Gasteiger partial charge on any atom is -0.550 e. The van der Waals surface area contributed by atoms with E-state index in [2.05, 4.69) is 0 Å². The van der Waals surface area contributed by atoms with Crippen molar-refractivity contribution in [3.63, 3.8) is 0 Å². The summed E-state index contributed by atoms with van der Waals surface area (Å²) in [5.41, 5.74) is 0.149. The molecule has 0 saturated heterocycles. The first kappa shape index (κ1) is 15.0. The third kappa shape index (κ3) is 3.38. The minimum atomic E-state index is -3.75. The van der Waals surface area contributed by atoms with E-state index in [4.69, 9.17) is 0 Å². The summed E-state index contributed by atoms with van der Waals surface area (Å²) in [6.07, 6.45) is 1.82. The molecule has 21 heavy (non-hydrogen) atoms. The first-order valence-electron chi connectivity index (χ1n) is 6.13. The molecular formula is C14H12NO5S-. The van der Waals surface area contributed by atoms with Gasteiger partial charge in [-0.25, -0.2) is 12.4 Å². The number of carbonyl (C=O) groups is 2. The molecule has 7 heteroatoms. The number of aliphatic carboxylic acids is 1. The molecule has 0 aliphatic carbocycles. The first-order chi connectivity index (χ1) is 9.91. The highest BCUT2D eigenvalue weighted by Gasteiger charge is 2.17. The van der Waals surface area contributed by atoms with E-state index in [1.165, 1.54) is 30.6 Å². The Morgan fingerprint density at radius 1 is 1.05 bits per heavy atom. The van der Waals surface area contributed by atoms with Crippen LogP contribution in [0.25, 0.3) is 0 Å². The van der Waals surface area contributed by atoms with Gasteiger partial charge in [0.05, 0.1) is 4.90 Å². The SMILES string of the molecule is O=C([O-])CCC(=O)c1ccn(S(=O)(=O)c2ccccc2)c1. The molecular weight excluding hydrogens is 294 g/mol. The Labute approximate surface area is 121 Å². The zero-order valence-electron chi connectivity index (χ0n) is 10.9. The van der Waals surface area contributed by atoms with E-state index >= 15 is 0 Å². The van der Waals surface area contributed by atoms with Gasteiger partial charge in [-0.05, 0) is 24.6 Å². The number of ketones is 1. The van der Waals surface area contributed by atoms with Gasteiger partial charge >= 0.3 is 0 Å². The number of rotatable bonds is 6. The van der Waals surface area contributed by atoms with Crippen molar-refractivity contribution in [2.24, 2.45) is 0 Å². The summed E-state index contributed by atoms with van der Waals surface area (Å²) in [4.78, 5) is 22.2. The lowest BCUT2D eigenvalue weighted by atomic mass is 10.1. The second kappa shape index (κ2) is 5.92. The van der Waals surface area contributed by atoms with Gasteiger partial charge in [-0.2, -0.15) is 0 Å². The molecule has 1 aromatic carbocycles. The van der Waals surface area contributed by atoms with Crippen LogP contribution in [0, 0.1) is 0 Å². The third-order valence-corrected chi connectivity index (χ3v) is 4.51. The Balaban J connectivity index is 2.24. The number of carboxylic acids is 1. The maximum Gasteiger partial charge on any atom is 0.267 e. The number of hydrogen-bond donors (Lipinski definition) is 0. The van der Waals surface area contributed by atoms with E-state index in [9.17, 15) is 23.1 Å². The molecule has 0 spiro atoms. The third-order valence-electron chi connectivity index (χ3n) is 2.86. The Hall–Kier alpha value is -2.41. The molecule has 2 rings (SSSR count). The summed E-state index contributed by atoms with van der Waals surface area (Å²) in [6, 6.07) is 9.14. The highest BCUT2D eigenvalue weighted by atomic mass is 32.2. The van der Waals surface area contributed by atoms with Crippen LogP contribution in [0.5, 0.6) is 0 Å². The smallest absolute Gasteiger partial charge is 0.267 e. The number of carbonyl (C=O) groups excluding carboxylic acids is 2. The summed E-state index contributed by atoms with van der Waals surface area (Å²) >= 11 is 0. The molecule has 0 aliphatic rings. The number of hydrogen-bond acceptors (Lipinski definition) is 5. The fourth-order valence-corrected chi connectivity index (χ4v) is 2.98. The van der Waals surface area contributed by atoms with Crippen molar-refractivity contribution in [2.45, 2.75) is 17.7 Å². The monoisotopic (exact) mass is 306 g/mol. The summed E-state index contributed by atoms with van der Waals surface area (Å²) < 4.78 is 25.5. The summed E-state index contributed by atoms with van der Waals surface area (Å²) in [5.74, 6) is -1.76. The largest absolute Gasteiger partial charge is 0.550 e. The number of Topliss-reactive ketones (excluding diaryl/α,β-unsaturated/α-hetero) is 1. The lowest BCUT2D eigenvalue weighted by Gasteiger charge is -2.05. The van der Waals surface area contributed by atoms with Crippen LogP contribution < -0.4 is 5.11 Å². The van der Waals surface area contributed by atoms with E-state index in [0.29, 0.717) is 0 Å². The van der Waals surface area contributed by atoms with Gasteiger partial charge < -0.3 is 9.90 Å². The van der Waals surface area contributed by atoms with Gasteiger partial charge in [0.25, 0.3) is 10.0 Å². The fraction of sp³-hybridized carbons (Fsp3) is 0.143. The highest BCUT2D eigenvalue weighted by Crippen LogP contribution is 2.15. The van der Waals surface area contributed by atoms with E-state index in [0.717, 1.165) is 3.97 Å². The van der Waals surface area contributed by atoms with E-state index in [1.54, 1.807) is 18.2 Å². The zero-order chi connectivity index (χ0) is 15.5. The quantitative estimate of drug-likeness (QED) is 0.721. The van der Waals surface area contributed by atoms with Crippen LogP contribution >= 0.6 is 0 Å². The number of benzene rings is 1. The number of carboxylic acid groups (broad SMARTS) is 1. The van der Waals surface area contributed by atoms with Crippen molar-refractivity contribution in [3.8, 4) is 0 Å². The van der Waals surface area contributed by atoms with Crippen molar-refractivity contribution >= 4 is 21.8 Å². The minimum absolute atomic E-state index is 0.106. The van der Waals surface area contributed by atoms with Crippen molar-refractivity contribution in [1.82, 2.24) is 3.97 Å². The molecule has 0 bridgehead atoms.